The van der Waals surface area contributed by atoms with Crippen LogP contribution in [0.2, 0.25) is 5.02 Å². The molecule has 0 unspecified atom stereocenters. The van der Waals surface area contributed by atoms with Gasteiger partial charge in [0.1, 0.15) is 6.07 Å². The third-order valence-corrected chi connectivity index (χ3v) is 3.81. The summed E-state index contributed by atoms with van der Waals surface area (Å²) >= 11 is 6.26. The summed E-state index contributed by atoms with van der Waals surface area (Å²) in [6, 6.07) is 7.48. The Balaban J connectivity index is 2.08. The Kier molecular flexibility index (Phi) is 5.61. The molecule has 7 heteroatoms. The van der Waals surface area contributed by atoms with Gasteiger partial charge < -0.3 is 15.4 Å². The SMILES string of the molecule is CN(CC(N)=O)C[C@H]1CN(c2c(Cl)cccc2C#N)CCO1. The van der Waals surface area contributed by atoms with Gasteiger partial charge in [0.2, 0.25) is 5.91 Å². The average Bonchev–Trinajstić information content (AvgIpc) is 2.46. The Bertz CT molecular complexity index is 587. The van der Waals surface area contributed by atoms with E-state index < -0.39 is 0 Å². The van der Waals surface area contributed by atoms with E-state index in [4.69, 9.17) is 22.1 Å². The summed E-state index contributed by atoms with van der Waals surface area (Å²) in [7, 11) is 1.82. The predicted molar refractivity (Wildman–Crippen MR) is 84.8 cm³/mol. The summed E-state index contributed by atoms with van der Waals surface area (Å²) in [5.41, 5.74) is 6.49. The number of ether oxygens (including phenoxy) is 1. The molecule has 0 radical (unpaired) electrons. The van der Waals surface area contributed by atoms with Gasteiger partial charge in [-0.05, 0) is 19.2 Å². The summed E-state index contributed by atoms with van der Waals surface area (Å²) in [5.74, 6) is -0.368. The number of amides is 1. The van der Waals surface area contributed by atoms with Gasteiger partial charge in [0.15, 0.2) is 0 Å². The van der Waals surface area contributed by atoms with Crippen molar-refractivity contribution in [2.75, 3.05) is 44.7 Å². The van der Waals surface area contributed by atoms with Gasteiger partial charge in [-0.2, -0.15) is 5.26 Å². The second-order valence-corrected chi connectivity index (χ2v) is 5.76. The number of benzene rings is 1. The molecule has 1 fully saturated rings. The number of para-hydroxylation sites is 1. The molecule has 2 rings (SSSR count). The molecule has 22 heavy (non-hydrogen) atoms. The Hall–Kier alpha value is -1.81. The smallest absolute Gasteiger partial charge is 0.231 e. The van der Waals surface area contributed by atoms with Gasteiger partial charge in [-0.15, -0.1) is 0 Å². The van der Waals surface area contributed by atoms with Crippen LogP contribution in [0.1, 0.15) is 5.56 Å². The molecule has 1 saturated heterocycles. The molecule has 0 bridgehead atoms. The van der Waals surface area contributed by atoms with E-state index in [0.717, 1.165) is 5.69 Å². The highest BCUT2D eigenvalue weighted by Gasteiger charge is 2.25. The lowest BCUT2D eigenvalue weighted by atomic mass is 10.1. The molecule has 0 saturated carbocycles. The van der Waals surface area contributed by atoms with Crippen molar-refractivity contribution in [3.05, 3.63) is 28.8 Å². The molecule has 1 aliphatic heterocycles. The molecule has 1 heterocycles. The molecule has 1 aliphatic rings. The number of halogens is 1. The first-order valence-electron chi connectivity index (χ1n) is 7.03. The van der Waals surface area contributed by atoms with Crippen LogP contribution in [0.5, 0.6) is 0 Å². The van der Waals surface area contributed by atoms with E-state index in [1.165, 1.54) is 0 Å². The molecule has 6 nitrogen and oxygen atoms in total. The Morgan fingerprint density at radius 2 is 2.41 bits per heavy atom. The molecule has 1 aromatic rings. The van der Waals surface area contributed by atoms with Gasteiger partial charge in [-0.1, -0.05) is 17.7 Å². The number of anilines is 1. The molecule has 2 N–H and O–H groups in total. The second-order valence-electron chi connectivity index (χ2n) is 5.35. The number of carbonyl (C=O) groups is 1. The number of hydrogen-bond acceptors (Lipinski definition) is 5. The van der Waals surface area contributed by atoms with Crippen LogP contribution < -0.4 is 10.6 Å². The van der Waals surface area contributed by atoms with Gasteiger partial charge in [-0.3, -0.25) is 9.69 Å². The zero-order chi connectivity index (χ0) is 16.1. The highest BCUT2D eigenvalue weighted by Crippen LogP contribution is 2.30. The normalized spacial score (nSPS) is 18.3. The zero-order valence-corrected chi connectivity index (χ0v) is 13.2. The number of morpholine rings is 1. The molecule has 0 aromatic heterocycles. The van der Waals surface area contributed by atoms with Gasteiger partial charge in [-0.25, -0.2) is 0 Å². The van der Waals surface area contributed by atoms with Gasteiger partial charge in [0.05, 0.1) is 35.5 Å². The van der Waals surface area contributed by atoms with E-state index in [-0.39, 0.29) is 18.6 Å². The number of rotatable bonds is 5. The molecule has 0 spiro atoms. The lowest BCUT2D eigenvalue weighted by Crippen LogP contribution is -2.48. The number of carbonyl (C=O) groups excluding carboxylic acids is 1. The maximum atomic E-state index is 10.9. The van der Waals surface area contributed by atoms with Crippen LogP contribution in [0.15, 0.2) is 18.2 Å². The number of likely N-dealkylation sites (N-methyl/N-ethyl adjacent to an activating group) is 1. The van der Waals surface area contributed by atoms with Crippen LogP contribution in [-0.2, 0) is 9.53 Å². The minimum Gasteiger partial charge on any atom is -0.373 e. The molecule has 1 atom stereocenters. The summed E-state index contributed by atoms with van der Waals surface area (Å²) < 4.78 is 5.73. The van der Waals surface area contributed by atoms with Crippen LogP contribution in [0, 0.1) is 11.3 Å². The first-order chi connectivity index (χ1) is 10.5. The fraction of sp³-hybridized carbons (Fsp3) is 0.467. The molecule has 1 amide bonds. The minimum absolute atomic E-state index is 0.0686. The number of nitrogens with zero attached hydrogens (tertiary/aromatic N) is 3. The number of primary amides is 1. The summed E-state index contributed by atoms with van der Waals surface area (Å²) in [5, 5.41) is 9.82. The second kappa shape index (κ2) is 7.45. The highest BCUT2D eigenvalue weighted by atomic mass is 35.5. The fourth-order valence-corrected chi connectivity index (χ4v) is 2.93. The Morgan fingerprint density at radius 1 is 1.64 bits per heavy atom. The molecule has 0 aliphatic carbocycles. The van der Waals surface area contributed by atoms with Crippen molar-refractivity contribution in [1.29, 1.82) is 5.26 Å². The topological polar surface area (TPSA) is 82.6 Å². The quantitative estimate of drug-likeness (QED) is 0.868. The lowest BCUT2D eigenvalue weighted by Gasteiger charge is -2.36. The van der Waals surface area contributed by atoms with E-state index in [0.29, 0.717) is 36.8 Å². The molecule has 118 valence electrons. The minimum atomic E-state index is -0.368. The van der Waals surface area contributed by atoms with Crippen molar-refractivity contribution in [3.63, 3.8) is 0 Å². The zero-order valence-electron chi connectivity index (χ0n) is 12.5. The fourth-order valence-electron chi connectivity index (χ4n) is 2.64. The van der Waals surface area contributed by atoms with Crippen LogP contribution in [0.4, 0.5) is 5.69 Å². The van der Waals surface area contributed by atoms with E-state index in [9.17, 15) is 10.1 Å². The molecular formula is C15H19ClN4O2. The predicted octanol–water partition coefficient (Wildman–Crippen LogP) is 0.834. The van der Waals surface area contributed by atoms with Crippen molar-refractivity contribution < 1.29 is 9.53 Å². The van der Waals surface area contributed by atoms with Crippen molar-refractivity contribution >= 4 is 23.2 Å². The van der Waals surface area contributed by atoms with Gasteiger partial charge in [0, 0.05) is 19.6 Å². The van der Waals surface area contributed by atoms with E-state index >= 15 is 0 Å². The van der Waals surface area contributed by atoms with Crippen LogP contribution >= 0.6 is 11.6 Å². The third-order valence-electron chi connectivity index (χ3n) is 3.50. The van der Waals surface area contributed by atoms with Crippen LogP contribution in [0.25, 0.3) is 0 Å². The van der Waals surface area contributed by atoms with Crippen LogP contribution in [-0.4, -0.2) is 56.7 Å². The summed E-state index contributed by atoms with van der Waals surface area (Å²) in [4.78, 5) is 14.8. The summed E-state index contributed by atoms with van der Waals surface area (Å²) in [6.07, 6.45) is -0.0686. The van der Waals surface area contributed by atoms with Crippen molar-refractivity contribution in [3.8, 4) is 6.07 Å². The van der Waals surface area contributed by atoms with Crippen molar-refractivity contribution in [1.82, 2.24) is 4.90 Å². The first-order valence-corrected chi connectivity index (χ1v) is 7.41. The third kappa shape index (κ3) is 4.10. The first kappa shape index (κ1) is 16.6. The Morgan fingerprint density at radius 3 is 3.09 bits per heavy atom. The summed E-state index contributed by atoms with van der Waals surface area (Å²) in [6.45, 7) is 2.61. The monoisotopic (exact) mass is 322 g/mol. The van der Waals surface area contributed by atoms with Crippen LogP contribution in [0.3, 0.4) is 0 Å². The molecular weight excluding hydrogens is 304 g/mol. The van der Waals surface area contributed by atoms with E-state index in [1.54, 1.807) is 18.2 Å². The standard InChI is InChI=1S/C15H19ClN4O2/c1-19(10-14(18)21)8-12-9-20(5-6-22-12)15-11(7-17)3-2-4-13(15)16/h2-4,12H,5-6,8-10H2,1H3,(H2,18,21)/t12-/m0/s1. The Labute approximate surface area is 135 Å². The van der Waals surface area contributed by atoms with E-state index in [1.807, 2.05) is 11.9 Å². The lowest BCUT2D eigenvalue weighted by molar-refractivity contribution is -0.119. The number of hydrogen-bond donors (Lipinski definition) is 1. The highest BCUT2D eigenvalue weighted by molar-refractivity contribution is 6.33. The van der Waals surface area contributed by atoms with Gasteiger partial charge >= 0.3 is 0 Å². The maximum Gasteiger partial charge on any atom is 0.231 e. The van der Waals surface area contributed by atoms with Gasteiger partial charge in [0.25, 0.3) is 0 Å². The molecule has 1 aromatic carbocycles. The maximum absolute atomic E-state index is 10.9. The number of nitriles is 1. The van der Waals surface area contributed by atoms with Crippen molar-refractivity contribution in [2.24, 2.45) is 5.73 Å². The largest absolute Gasteiger partial charge is 0.373 e. The number of nitrogens with two attached hydrogens (primary N) is 1. The van der Waals surface area contributed by atoms with Crippen molar-refractivity contribution in [2.45, 2.75) is 6.10 Å². The average molecular weight is 323 g/mol. The van der Waals surface area contributed by atoms with E-state index in [2.05, 4.69) is 11.0 Å².